The third-order valence-corrected chi connectivity index (χ3v) is 7.39. The highest BCUT2D eigenvalue weighted by Crippen LogP contribution is 2.33. The van der Waals surface area contributed by atoms with E-state index >= 15 is 0 Å². The Bertz CT molecular complexity index is 942. The van der Waals surface area contributed by atoms with Crippen LogP contribution >= 0.6 is 0 Å². The Kier molecular flexibility index (Phi) is 38.4. The Hall–Kier alpha value is -2.90. The van der Waals surface area contributed by atoms with Crippen LogP contribution in [0.5, 0.6) is 0 Å². The van der Waals surface area contributed by atoms with Crippen molar-refractivity contribution in [2.75, 3.05) is 60.1 Å². The van der Waals surface area contributed by atoms with Crippen molar-refractivity contribution in [3.8, 4) is 0 Å². The molecule has 0 aromatic carbocycles. The minimum absolute atomic E-state index is 0.00829. The summed E-state index contributed by atoms with van der Waals surface area (Å²) in [5.41, 5.74) is 14.4. The van der Waals surface area contributed by atoms with Gasteiger partial charge in [-0.15, -0.1) is 0 Å². The van der Waals surface area contributed by atoms with Crippen LogP contribution < -0.4 is 27.8 Å². The molecule has 0 radical (unpaired) electrons. The molecule has 17 heteroatoms. The van der Waals surface area contributed by atoms with Gasteiger partial charge >= 0.3 is 0 Å². The van der Waals surface area contributed by atoms with Gasteiger partial charge in [-0.3, -0.25) is 14.4 Å². The van der Waals surface area contributed by atoms with E-state index in [9.17, 15) is 39.0 Å². The number of amides is 3. The molecule has 1 heterocycles. The van der Waals surface area contributed by atoms with Gasteiger partial charge in [-0.05, 0) is 52.2 Å². The average Bonchev–Trinajstić information content (AvgIpc) is 4.09. The van der Waals surface area contributed by atoms with Crippen LogP contribution in [-0.4, -0.2) is 142 Å². The molecule has 3 aliphatic rings. The van der Waals surface area contributed by atoms with Gasteiger partial charge < -0.3 is 71.5 Å². The van der Waals surface area contributed by atoms with Crippen LogP contribution in [0.25, 0.3) is 0 Å². The molecule has 3 rings (SSSR count). The van der Waals surface area contributed by atoms with E-state index in [0.717, 1.165) is 55.9 Å². The minimum Gasteiger partial charge on any atom is -0.390 e. The largest absolute Gasteiger partial charge is 0.390 e. The van der Waals surface area contributed by atoms with Crippen molar-refractivity contribution < 1.29 is 53.2 Å². The lowest BCUT2D eigenvalue weighted by Gasteiger charge is -2.35. The first kappa shape index (κ1) is 54.4. The Morgan fingerprint density at radius 1 is 0.943 bits per heavy atom. The van der Waals surface area contributed by atoms with Gasteiger partial charge in [0.15, 0.2) is 6.29 Å². The summed E-state index contributed by atoms with van der Waals surface area (Å²) in [6, 6.07) is -0.583. The zero-order valence-corrected chi connectivity index (χ0v) is 33.0. The SMILES string of the molecule is CC.CCN.CN.CNCCOCCOC1O[C@@H](C)C(O)C[C@H]1O.NC(=O)CN(CC(=O)NC(C=O)CC1CC1)C(=O)CCC=O.O=CCCC1CC1. The first-order valence-electron chi connectivity index (χ1n) is 18.8. The van der Waals surface area contributed by atoms with E-state index in [1.807, 2.05) is 27.8 Å². The van der Waals surface area contributed by atoms with Gasteiger partial charge in [-0.1, -0.05) is 46.5 Å². The summed E-state index contributed by atoms with van der Waals surface area (Å²) >= 11 is 0. The molecule has 3 fully saturated rings. The topological polar surface area (TPSA) is 276 Å². The van der Waals surface area contributed by atoms with Crippen LogP contribution in [0.1, 0.15) is 91.9 Å². The van der Waals surface area contributed by atoms with E-state index in [4.69, 9.17) is 25.7 Å². The van der Waals surface area contributed by atoms with Crippen molar-refractivity contribution in [2.24, 2.45) is 29.0 Å². The van der Waals surface area contributed by atoms with E-state index in [0.29, 0.717) is 44.7 Å². The average molecular weight is 765 g/mol. The van der Waals surface area contributed by atoms with Crippen LogP contribution in [0.4, 0.5) is 0 Å². The predicted octanol–water partition coefficient (Wildman–Crippen LogP) is -0.199. The molecule has 2 saturated carbocycles. The Morgan fingerprint density at radius 2 is 1.53 bits per heavy atom. The molecular formula is C36H72N6O11. The third kappa shape index (κ3) is 33.4. The molecule has 2 aliphatic carbocycles. The van der Waals surface area contributed by atoms with Crippen molar-refractivity contribution >= 4 is 36.6 Å². The molecule has 0 aromatic heterocycles. The molecule has 312 valence electrons. The Labute approximate surface area is 316 Å². The van der Waals surface area contributed by atoms with E-state index in [1.54, 1.807) is 6.92 Å². The molecule has 10 N–H and O–H groups in total. The lowest BCUT2D eigenvalue weighted by molar-refractivity contribution is -0.263. The fourth-order valence-electron chi connectivity index (χ4n) is 4.35. The molecule has 17 nitrogen and oxygen atoms in total. The van der Waals surface area contributed by atoms with Gasteiger partial charge in [0.25, 0.3) is 0 Å². The van der Waals surface area contributed by atoms with Crippen LogP contribution in [0.3, 0.4) is 0 Å². The third-order valence-electron chi connectivity index (χ3n) is 7.39. The number of aliphatic hydroxyl groups excluding tert-OH is 2. The standard InChI is InChI=1S/C14H21N3O5.C11H23NO5.C6H10O.C2H7N.C2H6.CH5N/c15-12(20)7-17(14(22)2-1-5-18)8-13(21)16-11(9-19)6-10-3-4-10;1-8-9(13)7-10(14)11(17-8)16-6-5-15-4-3-12-2;7-5-1-2-6-3-4-6;1-2-3;2*1-2/h5,9-11H,1-4,6-8H2,(H2,15,20)(H,16,21);8-14H,3-7H2,1-2H3;5-6H,1-4H2;2-3H2,1H3;1-2H3;2H2,1H3/t;8-,9?,10+,11?;;;;/m.0..../s1. The summed E-state index contributed by atoms with van der Waals surface area (Å²) in [4.78, 5) is 66.6. The zero-order valence-electron chi connectivity index (χ0n) is 33.0. The summed E-state index contributed by atoms with van der Waals surface area (Å²) < 4.78 is 16.0. The number of nitrogens with zero attached hydrogens (tertiary/aromatic N) is 1. The highest BCUT2D eigenvalue weighted by Gasteiger charge is 2.34. The summed E-state index contributed by atoms with van der Waals surface area (Å²) in [5, 5.41) is 24.6. The van der Waals surface area contributed by atoms with Gasteiger partial charge in [-0.2, -0.15) is 0 Å². The van der Waals surface area contributed by atoms with Gasteiger partial charge in [0.05, 0.1) is 44.6 Å². The summed E-state index contributed by atoms with van der Waals surface area (Å²) in [5.74, 6) is -0.404. The molecule has 3 unspecified atom stereocenters. The fourth-order valence-corrected chi connectivity index (χ4v) is 4.35. The van der Waals surface area contributed by atoms with E-state index < -0.39 is 48.8 Å². The maximum absolute atomic E-state index is 11.9. The van der Waals surface area contributed by atoms with Gasteiger partial charge in [0, 0.05) is 32.2 Å². The molecule has 5 atom stereocenters. The number of primary amides is 1. The molecule has 0 spiro atoms. The molecule has 1 saturated heterocycles. The van der Waals surface area contributed by atoms with Crippen molar-refractivity contribution in [2.45, 2.75) is 123 Å². The molecular weight excluding hydrogens is 692 g/mol. The molecule has 53 heavy (non-hydrogen) atoms. The summed E-state index contributed by atoms with van der Waals surface area (Å²) in [7, 11) is 3.36. The first-order valence-corrected chi connectivity index (χ1v) is 18.8. The number of ether oxygens (including phenoxy) is 3. The van der Waals surface area contributed by atoms with Crippen molar-refractivity contribution in [3.63, 3.8) is 0 Å². The second kappa shape index (κ2) is 37.4. The quantitative estimate of drug-likeness (QED) is 0.0589. The molecule has 0 bridgehead atoms. The van der Waals surface area contributed by atoms with E-state index in [2.05, 4.69) is 16.4 Å². The second-order valence-corrected chi connectivity index (χ2v) is 12.2. The molecule has 1 aliphatic heterocycles. The Balaban J connectivity index is -0.000000707. The number of aliphatic hydroxyl groups is 2. The van der Waals surface area contributed by atoms with Crippen LogP contribution in [-0.2, 0) is 43.0 Å². The number of nitrogens with two attached hydrogens (primary N) is 3. The number of hydrogen-bond acceptors (Lipinski definition) is 14. The monoisotopic (exact) mass is 765 g/mol. The Morgan fingerprint density at radius 3 is 2.02 bits per heavy atom. The zero-order chi connectivity index (χ0) is 41.0. The van der Waals surface area contributed by atoms with Gasteiger partial charge in [0.2, 0.25) is 17.7 Å². The van der Waals surface area contributed by atoms with Crippen molar-refractivity contribution in [3.05, 3.63) is 0 Å². The smallest absolute Gasteiger partial charge is 0.240 e. The first-order chi connectivity index (χ1) is 25.4. The predicted molar refractivity (Wildman–Crippen MR) is 202 cm³/mol. The maximum atomic E-state index is 11.9. The van der Waals surface area contributed by atoms with Gasteiger partial charge in [-0.25, -0.2) is 0 Å². The van der Waals surface area contributed by atoms with E-state index in [1.165, 1.54) is 19.9 Å². The van der Waals surface area contributed by atoms with Crippen LogP contribution in [0, 0.1) is 11.8 Å². The second-order valence-electron chi connectivity index (χ2n) is 12.2. The number of aldehydes is 3. The lowest BCUT2D eigenvalue weighted by Crippen LogP contribution is -2.47. The van der Waals surface area contributed by atoms with Gasteiger partial charge in [0.1, 0.15) is 31.5 Å². The fraction of sp³-hybridized carbons (Fsp3) is 0.833. The normalized spacial score (nSPS) is 20.1. The number of likely N-dealkylation sites (N-methyl/N-ethyl adjacent to an activating group) is 1. The van der Waals surface area contributed by atoms with E-state index in [-0.39, 0.29) is 31.9 Å². The van der Waals surface area contributed by atoms with Crippen molar-refractivity contribution in [1.82, 2.24) is 15.5 Å². The number of nitrogens with one attached hydrogen (secondary N) is 2. The lowest BCUT2D eigenvalue weighted by atomic mass is 10.0. The maximum Gasteiger partial charge on any atom is 0.240 e. The number of rotatable bonds is 21. The molecule has 3 amide bonds. The summed E-state index contributed by atoms with van der Waals surface area (Å²) in [6.45, 7) is 9.90. The molecule has 0 aromatic rings. The highest BCUT2D eigenvalue weighted by molar-refractivity contribution is 5.89. The number of carbonyl (C=O) groups is 6. The van der Waals surface area contributed by atoms with Crippen molar-refractivity contribution in [1.29, 1.82) is 0 Å². The van der Waals surface area contributed by atoms with Crippen LogP contribution in [0.15, 0.2) is 0 Å². The number of carbonyl (C=O) groups excluding carboxylic acids is 6. The number of hydrogen-bond donors (Lipinski definition) is 7. The summed E-state index contributed by atoms with van der Waals surface area (Å²) in [6.07, 6.45) is 7.44. The minimum atomic E-state index is -0.779. The van der Waals surface area contributed by atoms with Crippen LogP contribution in [0.2, 0.25) is 0 Å². The highest BCUT2D eigenvalue weighted by atomic mass is 16.7.